The maximum atomic E-state index is 13.0. The maximum Gasteiger partial charge on any atom is 0.308 e. The summed E-state index contributed by atoms with van der Waals surface area (Å²) in [5.74, 6) is -1.77. The van der Waals surface area contributed by atoms with Crippen LogP contribution in [0.4, 0.5) is 0 Å². The van der Waals surface area contributed by atoms with Gasteiger partial charge in [0.05, 0.1) is 10.8 Å². The van der Waals surface area contributed by atoms with E-state index in [2.05, 4.69) is 0 Å². The third-order valence-corrected chi connectivity index (χ3v) is 7.24. The van der Waals surface area contributed by atoms with Crippen LogP contribution in [-0.4, -0.2) is 60.8 Å². The molecular weight excluding hydrogens is 368 g/mol. The topological polar surface area (TPSA) is 95.0 Å². The van der Waals surface area contributed by atoms with E-state index < -0.39 is 21.9 Å². The summed E-state index contributed by atoms with van der Waals surface area (Å²) in [7, 11) is -3.63. The Kier molecular flexibility index (Phi) is 6.16. The van der Waals surface area contributed by atoms with E-state index in [0.717, 1.165) is 25.7 Å². The molecule has 0 spiro atoms. The van der Waals surface area contributed by atoms with Crippen molar-refractivity contribution in [1.29, 1.82) is 0 Å². The smallest absolute Gasteiger partial charge is 0.308 e. The van der Waals surface area contributed by atoms with Gasteiger partial charge in [0.1, 0.15) is 0 Å². The number of likely N-dealkylation sites (tertiary alicyclic amines) is 1. The van der Waals surface area contributed by atoms with Gasteiger partial charge in [0, 0.05) is 31.7 Å². The molecule has 0 bridgehead atoms. The summed E-state index contributed by atoms with van der Waals surface area (Å²) < 4.78 is 27.4. The summed E-state index contributed by atoms with van der Waals surface area (Å²) >= 11 is 0. The number of piperidine rings is 1. The van der Waals surface area contributed by atoms with E-state index in [-0.39, 0.29) is 22.9 Å². The van der Waals surface area contributed by atoms with Gasteiger partial charge in [-0.1, -0.05) is 18.9 Å². The first-order valence-electron chi connectivity index (χ1n) is 9.52. The van der Waals surface area contributed by atoms with Crippen LogP contribution in [0.25, 0.3) is 0 Å². The van der Waals surface area contributed by atoms with Crippen LogP contribution in [0.3, 0.4) is 0 Å². The average Bonchev–Trinajstić information content (AvgIpc) is 2.97. The van der Waals surface area contributed by atoms with Crippen molar-refractivity contribution in [3.8, 4) is 0 Å². The van der Waals surface area contributed by atoms with E-state index in [1.807, 2.05) is 0 Å². The molecule has 1 unspecified atom stereocenters. The van der Waals surface area contributed by atoms with Crippen molar-refractivity contribution < 1.29 is 23.1 Å². The van der Waals surface area contributed by atoms with E-state index in [1.54, 1.807) is 12.1 Å². The summed E-state index contributed by atoms with van der Waals surface area (Å²) in [6.45, 7) is 1.67. The van der Waals surface area contributed by atoms with Crippen LogP contribution >= 0.6 is 0 Å². The quantitative estimate of drug-likeness (QED) is 0.845. The highest BCUT2D eigenvalue weighted by Crippen LogP contribution is 2.23. The maximum absolute atomic E-state index is 13.0. The molecule has 0 aromatic heterocycles. The molecule has 3 rings (SSSR count). The van der Waals surface area contributed by atoms with Gasteiger partial charge < -0.3 is 10.0 Å². The molecule has 2 fully saturated rings. The van der Waals surface area contributed by atoms with Crippen LogP contribution in [-0.2, 0) is 14.8 Å². The Labute approximate surface area is 160 Å². The Bertz CT molecular complexity index is 800. The van der Waals surface area contributed by atoms with Crippen molar-refractivity contribution in [3.63, 3.8) is 0 Å². The van der Waals surface area contributed by atoms with E-state index in [1.165, 1.54) is 21.3 Å². The van der Waals surface area contributed by atoms with Crippen molar-refractivity contribution in [2.75, 3.05) is 26.2 Å². The molecule has 0 radical (unpaired) electrons. The first-order valence-corrected chi connectivity index (χ1v) is 11.0. The van der Waals surface area contributed by atoms with Crippen molar-refractivity contribution in [1.82, 2.24) is 9.21 Å². The fourth-order valence-corrected chi connectivity index (χ4v) is 5.33. The Morgan fingerprint density at radius 2 is 1.70 bits per heavy atom. The van der Waals surface area contributed by atoms with E-state index in [9.17, 15) is 23.1 Å². The van der Waals surface area contributed by atoms with Crippen molar-refractivity contribution in [2.45, 2.75) is 43.4 Å². The number of nitrogens with zero attached hydrogens (tertiary/aromatic N) is 2. The van der Waals surface area contributed by atoms with Crippen LogP contribution in [0.2, 0.25) is 0 Å². The first-order chi connectivity index (χ1) is 12.9. The third kappa shape index (κ3) is 4.50. The van der Waals surface area contributed by atoms with Crippen LogP contribution in [0.15, 0.2) is 29.2 Å². The standard InChI is InChI=1S/C19H26N2O5S/c22-18(20-10-6-8-16(14-20)19(23)24)15-7-5-9-17(13-15)27(25,26)21-11-3-1-2-4-12-21/h5,7,9,13,16H,1-4,6,8,10-12,14H2,(H,23,24). The summed E-state index contributed by atoms with van der Waals surface area (Å²) in [5.41, 5.74) is 0.289. The molecule has 7 nitrogen and oxygen atoms in total. The molecule has 2 saturated heterocycles. The lowest BCUT2D eigenvalue weighted by Gasteiger charge is -2.31. The van der Waals surface area contributed by atoms with Crippen LogP contribution in [0.1, 0.15) is 48.9 Å². The van der Waals surface area contributed by atoms with Crippen LogP contribution in [0.5, 0.6) is 0 Å². The lowest BCUT2D eigenvalue weighted by molar-refractivity contribution is -0.143. The zero-order valence-corrected chi connectivity index (χ0v) is 16.2. The predicted molar refractivity (Wildman–Crippen MR) is 99.9 cm³/mol. The minimum absolute atomic E-state index is 0.127. The second kappa shape index (κ2) is 8.39. The second-order valence-corrected chi connectivity index (χ2v) is 9.21. The molecule has 1 amide bonds. The number of aliphatic carboxylic acids is 1. The molecule has 1 atom stereocenters. The number of hydrogen-bond acceptors (Lipinski definition) is 4. The number of carboxylic acids is 1. The first kappa shape index (κ1) is 19.8. The van der Waals surface area contributed by atoms with Gasteiger partial charge in [-0.3, -0.25) is 9.59 Å². The average molecular weight is 394 g/mol. The number of carbonyl (C=O) groups excluding carboxylic acids is 1. The molecule has 1 aromatic carbocycles. The zero-order valence-electron chi connectivity index (χ0n) is 15.3. The summed E-state index contributed by atoms with van der Waals surface area (Å²) in [4.78, 5) is 25.7. The number of carboxylic acid groups (broad SMARTS) is 1. The lowest BCUT2D eigenvalue weighted by atomic mass is 9.97. The minimum Gasteiger partial charge on any atom is -0.481 e. The molecule has 148 valence electrons. The van der Waals surface area contributed by atoms with Gasteiger partial charge >= 0.3 is 5.97 Å². The molecule has 1 aromatic rings. The Hall–Kier alpha value is -1.93. The fourth-order valence-electron chi connectivity index (χ4n) is 3.77. The highest BCUT2D eigenvalue weighted by Gasteiger charge is 2.30. The molecule has 1 N–H and O–H groups in total. The van der Waals surface area contributed by atoms with Gasteiger partial charge in [0.15, 0.2) is 0 Å². The zero-order chi connectivity index (χ0) is 19.4. The number of rotatable bonds is 4. The molecule has 8 heteroatoms. The minimum atomic E-state index is -3.63. The molecule has 2 aliphatic rings. The van der Waals surface area contributed by atoms with Gasteiger partial charge in [0.2, 0.25) is 10.0 Å². The Morgan fingerprint density at radius 1 is 1.00 bits per heavy atom. The van der Waals surface area contributed by atoms with Crippen LogP contribution < -0.4 is 0 Å². The second-order valence-electron chi connectivity index (χ2n) is 7.27. The SMILES string of the molecule is O=C(O)C1CCCN(C(=O)c2cccc(S(=O)(=O)N3CCCCCC3)c2)C1. The van der Waals surface area contributed by atoms with Crippen molar-refractivity contribution >= 4 is 21.9 Å². The van der Waals surface area contributed by atoms with E-state index >= 15 is 0 Å². The number of sulfonamides is 1. The number of hydrogen-bond donors (Lipinski definition) is 1. The number of amides is 1. The van der Waals surface area contributed by atoms with Gasteiger partial charge in [-0.05, 0) is 43.9 Å². The summed E-state index contributed by atoms with van der Waals surface area (Å²) in [5, 5.41) is 9.20. The monoisotopic (exact) mass is 394 g/mol. The van der Waals surface area contributed by atoms with E-state index in [0.29, 0.717) is 32.5 Å². The Morgan fingerprint density at radius 3 is 2.37 bits per heavy atom. The molecule has 2 aliphatic heterocycles. The normalized spacial score (nSPS) is 22.2. The molecule has 0 aliphatic carbocycles. The van der Waals surface area contributed by atoms with E-state index in [4.69, 9.17) is 0 Å². The molecule has 27 heavy (non-hydrogen) atoms. The lowest BCUT2D eigenvalue weighted by Crippen LogP contribution is -2.42. The van der Waals surface area contributed by atoms with Gasteiger partial charge in [-0.25, -0.2) is 8.42 Å². The Balaban J connectivity index is 1.80. The summed E-state index contributed by atoms with van der Waals surface area (Å²) in [6, 6.07) is 6.12. The van der Waals surface area contributed by atoms with Gasteiger partial charge in [-0.2, -0.15) is 4.31 Å². The van der Waals surface area contributed by atoms with Crippen LogP contribution in [0, 0.1) is 5.92 Å². The number of benzene rings is 1. The molecule has 0 saturated carbocycles. The number of carbonyl (C=O) groups is 2. The van der Waals surface area contributed by atoms with Crippen molar-refractivity contribution in [3.05, 3.63) is 29.8 Å². The molecular formula is C19H26N2O5S. The van der Waals surface area contributed by atoms with Crippen molar-refractivity contribution in [2.24, 2.45) is 5.92 Å². The highest BCUT2D eigenvalue weighted by molar-refractivity contribution is 7.89. The predicted octanol–water partition coefficient (Wildman–Crippen LogP) is 2.19. The van der Waals surface area contributed by atoms with Gasteiger partial charge in [-0.15, -0.1) is 0 Å². The highest BCUT2D eigenvalue weighted by atomic mass is 32.2. The molecule has 2 heterocycles. The largest absolute Gasteiger partial charge is 0.481 e. The van der Waals surface area contributed by atoms with Gasteiger partial charge in [0.25, 0.3) is 5.91 Å². The third-order valence-electron chi connectivity index (χ3n) is 5.34. The summed E-state index contributed by atoms with van der Waals surface area (Å²) in [6.07, 6.45) is 4.95. The fraction of sp³-hybridized carbons (Fsp3) is 0.579.